The Hall–Kier alpha value is -1.06. The van der Waals surface area contributed by atoms with Crippen molar-refractivity contribution in [3.8, 4) is 0 Å². The van der Waals surface area contributed by atoms with Gasteiger partial charge in [-0.05, 0) is 17.5 Å². The molecule has 1 heterocycles. The Morgan fingerprint density at radius 3 is 2.31 bits per heavy atom. The first-order valence-electron chi connectivity index (χ1n) is 3.94. The maximum Gasteiger partial charge on any atom is 0.418 e. The first-order valence-corrected chi connectivity index (χ1v) is 3.94. The van der Waals surface area contributed by atoms with E-state index in [9.17, 15) is 13.2 Å². The van der Waals surface area contributed by atoms with Gasteiger partial charge in [0.25, 0.3) is 0 Å². The fourth-order valence-electron chi connectivity index (χ4n) is 1.15. The van der Waals surface area contributed by atoms with E-state index in [1.807, 2.05) is 0 Å². The van der Waals surface area contributed by atoms with Crippen molar-refractivity contribution >= 4 is 0 Å². The van der Waals surface area contributed by atoms with Crippen LogP contribution in [0.15, 0.2) is 18.5 Å². The zero-order valence-corrected chi connectivity index (χ0v) is 7.39. The standard InChI is InChI=1S/C9H10F3N/c1-6(2)7-3-4-13-5-8(7)9(10,11)12/h3-6H,1-2H3. The summed E-state index contributed by atoms with van der Waals surface area (Å²) < 4.78 is 37.1. The van der Waals surface area contributed by atoms with E-state index in [0.717, 1.165) is 6.20 Å². The zero-order chi connectivity index (χ0) is 10.1. The van der Waals surface area contributed by atoms with Crippen LogP contribution in [0.25, 0.3) is 0 Å². The van der Waals surface area contributed by atoms with Crippen LogP contribution < -0.4 is 0 Å². The number of hydrogen-bond donors (Lipinski definition) is 0. The first-order chi connectivity index (χ1) is 5.93. The maximum absolute atomic E-state index is 12.4. The Labute approximate surface area is 74.6 Å². The predicted molar refractivity (Wildman–Crippen MR) is 43.3 cm³/mol. The molecule has 1 aromatic rings. The third kappa shape index (κ3) is 2.20. The normalized spacial score (nSPS) is 12.2. The highest BCUT2D eigenvalue weighted by Crippen LogP contribution is 2.34. The molecule has 0 aliphatic carbocycles. The Bertz CT molecular complexity index is 291. The van der Waals surface area contributed by atoms with Crippen LogP contribution in [0.2, 0.25) is 0 Å². The third-order valence-corrected chi connectivity index (χ3v) is 1.78. The second-order valence-corrected chi connectivity index (χ2v) is 3.12. The van der Waals surface area contributed by atoms with E-state index in [2.05, 4.69) is 4.98 Å². The minimum Gasteiger partial charge on any atom is -0.264 e. The van der Waals surface area contributed by atoms with Crippen LogP contribution in [0.1, 0.15) is 30.9 Å². The molecule has 1 rings (SSSR count). The Kier molecular flexibility index (Phi) is 2.59. The lowest BCUT2D eigenvalue weighted by molar-refractivity contribution is -0.138. The van der Waals surface area contributed by atoms with E-state index in [1.165, 1.54) is 12.3 Å². The molecule has 0 spiro atoms. The molecule has 1 aromatic heterocycles. The van der Waals surface area contributed by atoms with Gasteiger partial charge in [0.05, 0.1) is 5.56 Å². The second-order valence-electron chi connectivity index (χ2n) is 3.12. The number of nitrogens with zero attached hydrogens (tertiary/aromatic N) is 1. The number of rotatable bonds is 1. The summed E-state index contributed by atoms with van der Waals surface area (Å²) >= 11 is 0. The summed E-state index contributed by atoms with van der Waals surface area (Å²) in [7, 11) is 0. The van der Waals surface area contributed by atoms with Crippen molar-refractivity contribution in [1.29, 1.82) is 0 Å². The number of aromatic nitrogens is 1. The van der Waals surface area contributed by atoms with Crippen molar-refractivity contribution in [2.45, 2.75) is 25.9 Å². The predicted octanol–water partition coefficient (Wildman–Crippen LogP) is 3.22. The van der Waals surface area contributed by atoms with Crippen LogP contribution in [0.4, 0.5) is 13.2 Å². The average molecular weight is 189 g/mol. The van der Waals surface area contributed by atoms with Crippen molar-refractivity contribution in [2.24, 2.45) is 0 Å². The monoisotopic (exact) mass is 189 g/mol. The van der Waals surface area contributed by atoms with Crippen LogP contribution in [0.5, 0.6) is 0 Å². The number of pyridine rings is 1. The van der Waals surface area contributed by atoms with Gasteiger partial charge in [-0.3, -0.25) is 4.98 Å². The topological polar surface area (TPSA) is 12.9 Å². The SMILES string of the molecule is CC(C)c1ccncc1C(F)(F)F. The molecule has 0 amide bonds. The van der Waals surface area contributed by atoms with Crippen molar-refractivity contribution in [2.75, 3.05) is 0 Å². The summed E-state index contributed by atoms with van der Waals surface area (Å²) in [6, 6.07) is 1.41. The fourth-order valence-corrected chi connectivity index (χ4v) is 1.15. The van der Waals surface area contributed by atoms with Gasteiger partial charge in [-0.25, -0.2) is 0 Å². The van der Waals surface area contributed by atoms with E-state index < -0.39 is 11.7 Å². The van der Waals surface area contributed by atoms with Gasteiger partial charge in [0.15, 0.2) is 0 Å². The molecule has 0 N–H and O–H groups in total. The van der Waals surface area contributed by atoms with Gasteiger partial charge in [0, 0.05) is 12.4 Å². The maximum atomic E-state index is 12.4. The average Bonchev–Trinajstić information content (AvgIpc) is 2.03. The Morgan fingerprint density at radius 2 is 1.92 bits per heavy atom. The summed E-state index contributed by atoms with van der Waals surface area (Å²) in [5, 5.41) is 0. The fraction of sp³-hybridized carbons (Fsp3) is 0.444. The lowest BCUT2D eigenvalue weighted by Gasteiger charge is -2.13. The lowest BCUT2D eigenvalue weighted by Crippen LogP contribution is -2.10. The minimum absolute atomic E-state index is 0.139. The lowest BCUT2D eigenvalue weighted by atomic mass is 9.99. The summed E-state index contributed by atoms with van der Waals surface area (Å²) in [6.45, 7) is 3.45. The molecule has 0 saturated heterocycles. The van der Waals surface area contributed by atoms with Gasteiger partial charge in [0.2, 0.25) is 0 Å². The van der Waals surface area contributed by atoms with Crippen molar-refractivity contribution in [3.05, 3.63) is 29.6 Å². The molecule has 0 saturated carbocycles. The molecule has 0 radical (unpaired) electrons. The van der Waals surface area contributed by atoms with E-state index in [1.54, 1.807) is 13.8 Å². The van der Waals surface area contributed by atoms with Gasteiger partial charge >= 0.3 is 6.18 Å². The first kappa shape index (κ1) is 10.0. The van der Waals surface area contributed by atoms with Gasteiger partial charge < -0.3 is 0 Å². The van der Waals surface area contributed by atoms with Crippen LogP contribution in [-0.2, 0) is 6.18 Å². The molecule has 1 nitrogen and oxygen atoms in total. The molecule has 0 bridgehead atoms. The highest BCUT2D eigenvalue weighted by atomic mass is 19.4. The molecule has 0 fully saturated rings. The largest absolute Gasteiger partial charge is 0.418 e. The van der Waals surface area contributed by atoms with Crippen LogP contribution in [0.3, 0.4) is 0 Å². The van der Waals surface area contributed by atoms with Crippen LogP contribution in [-0.4, -0.2) is 4.98 Å². The quantitative estimate of drug-likeness (QED) is 0.660. The van der Waals surface area contributed by atoms with Crippen molar-refractivity contribution in [3.63, 3.8) is 0 Å². The van der Waals surface area contributed by atoms with Gasteiger partial charge in [-0.1, -0.05) is 13.8 Å². The Balaban J connectivity index is 3.20. The number of hydrogen-bond acceptors (Lipinski definition) is 1. The van der Waals surface area contributed by atoms with Gasteiger partial charge in [0.1, 0.15) is 0 Å². The van der Waals surface area contributed by atoms with Crippen LogP contribution in [0, 0.1) is 0 Å². The van der Waals surface area contributed by atoms with E-state index in [4.69, 9.17) is 0 Å². The molecule has 0 aliphatic heterocycles. The number of halogens is 3. The smallest absolute Gasteiger partial charge is 0.264 e. The van der Waals surface area contributed by atoms with Crippen molar-refractivity contribution < 1.29 is 13.2 Å². The molecule has 4 heteroatoms. The molecule has 0 atom stereocenters. The molecule has 0 aliphatic rings. The molecule has 0 aromatic carbocycles. The summed E-state index contributed by atoms with van der Waals surface area (Å²) in [4.78, 5) is 3.47. The highest BCUT2D eigenvalue weighted by Gasteiger charge is 2.33. The molecular formula is C9H10F3N. The minimum atomic E-state index is -4.30. The van der Waals surface area contributed by atoms with E-state index in [-0.39, 0.29) is 5.92 Å². The van der Waals surface area contributed by atoms with Crippen LogP contribution >= 0.6 is 0 Å². The van der Waals surface area contributed by atoms with Gasteiger partial charge in [-0.15, -0.1) is 0 Å². The molecule has 0 unspecified atom stereocenters. The van der Waals surface area contributed by atoms with Crippen molar-refractivity contribution in [1.82, 2.24) is 4.98 Å². The van der Waals surface area contributed by atoms with Gasteiger partial charge in [-0.2, -0.15) is 13.2 Å². The molecular weight excluding hydrogens is 179 g/mol. The summed E-state index contributed by atoms with van der Waals surface area (Å²) in [5.74, 6) is -0.139. The third-order valence-electron chi connectivity index (χ3n) is 1.78. The number of alkyl halides is 3. The molecule has 72 valence electrons. The van der Waals surface area contributed by atoms with E-state index in [0.29, 0.717) is 5.56 Å². The highest BCUT2D eigenvalue weighted by molar-refractivity contribution is 5.28. The molecule has 13 heavy (non-hydrogen) atoms. The Morgan fingerprint density at radius 1 is 1.31 bits per heavy atom. The zero-order valence-electron chi connectivity index (χ0n) is 7.39. The second kappa shape index (κ2) is 3.36. The summed E-state index contributed by atoms with van der Waals surface area (Å²) in [5.41, 5.74) is -0.340. The van der Waals surface area contributed by atoms with E-state index >= 15 is 0 Å². The summed E-state index contributed by atoms with van der Waals surface area (Å²) in [6.07, 6.45) is -2.05.